The summed E-state index contributed by atoms with van der Waals surface area (Å²) >= 11 is 6.48. The van der Waals surface area contributed by atoms with Gasteiger partial charge in [-0.3, -0.25) is 0 Å². The van der Waals surface area contributed by atoms with Crippen molar-refractivity contribution in [2.75, 3.05) is 6.61 Å². The third-order valence-corrected chi connectivity index (χ3v) is 4.04. The third kappa shape index (κ3) is 2.11. The van der Waals surface area contributed by atoms with Crippen LogP contribution in [-0.4, -0.2) is 11.7 Å². The van der Waals surface area contributed by atoms with Crippen LogP contribution in [0.15, 0.2) is 36.4 Å². The summed E-state index contributed by atoms with van der Waals surface area (Å²) in [5, 5.41) is 10.0. The Kier molecular flexibility index (Phi) is 3.21. The van der Waals surface area contributed by atoms with Crippen molar-refractivity contribution in [1.29, 1.82) is 0 Å². The van der Waals surface area contributed by atoms with Crippen LogP contribution < -0.4 is 4.74 Å². The lowest BCUT2D eigenvalue weighted by atomic mass is 9.94. The average molecular weight is 275 g/mol. The van der Waals surface area contributed by atoms with Crippen LogP contribution in [0.1, 0.15) is 29.5 Å². The van der Waals surface area contributed by atoms with Crippen LogP contribution in [0, 0.1) is 0 Å². The maximum Gasteiger partial charge on any atom is 0.132 e. The van der Waals surface area contributed by atoms with E-state index in [4.69, 9.17) is 16.3 Å². The van der Waals surface area contributed by atoms with E-state index in [1.165, 1.54) is 0 Å². The molecule has 0 saturated carbocycles. The van der Waals surface area contributed by atoms with Crippen molar-refractivity contribution in [3.63, 3.8) is 0 Å². The minimum absolute atomic E-state index is 0.0370. The van der Waals surface area contributed by atoms with Crippen molar-refractivity contribution >= 4 is 11.6 Å². The van der Waals surface area contributed by atoms with Gasteiger partial charge in [0.15, 0.2) is 0 Å². The van der Waals surface area contributed by atoms with Gasteiger partial charge in [-0.25, -0.2) is 0 Å². The van der Waals surface area contributed by atoms with Crippen LogP contribution in [0.4, 0.5) is 0 Å². The maximum absolute atomic E-state index is 9.28. The van der Waals surface area contributed by atoms with E-state index in [2.05, 4.69) is 6.07 Å². The largest absolute Gasteiger partial charge is 0.457 e. The van der Waals surface area contributed by atoms with E-state index in [9.17, 15) is 5.11 Å². The summed E-state index contributed by atoms with van der Waals surface area (Å²) in [6, 6.07) is 11.9. The predicted molar refractivity (Wildman–Crippen MR) is 76.3 cm³/mol. The van der Waals surface area contributed by atoms with E-state index in [1.807, 2.05) is 37.3 Å². The number of aliphatic hydroxyl groups is 1. The monoisotopic (exact) mass is 274 g/mol. The molecule has 98 valence electrons. The molecule has 2 aromatic rings. The molecular weight excluding hydrogens is 260 g/mol. The van der Waals surface area contributed by atoms with Crippen molar-refractivity contribution in [1.82, 2.24) is 0 Å². The highest BCUT2D eigenvalue weighted by atomic mass is 35.5. The summed E-state index contributed by atoms with van der Waals surface area (Å²) in [5.74, 6) is 1.75. The lowest BCUT2D eigenvalue weighted by Crippen LogP contribution is -2.07. The Morgan fingerprint density at radius 1 is 1.21 bits per heavy atom. The molecule has 1 aliphatic rings. The van der Waals surface area contributed by atoms with E-state index < -0.39 is 0 Å². The van der Waals surface area contributed by atoms with E-state index in [1.54, 1.807) is 0 Å². The van der Waals surface area contributed by atoms with Crippen molar-refractivity contribution in [2.24, 2.45) is 0 Å². The maximum atomic E-state index is 9.28. The topological polar surface area (TPSA) is 29.5 Å². The molecule has 3 heteroatoms. The lowest BCUT2D eigenvalue weighted by Gasteiger charge is -2.23. The molecule has 1 aliphatic heterocycles. The zero-order valence-electron chi connectivity index (χ0n) is 10.7. The van der Waals surface area contributed by atoms with E-state index in [0.717, 1.165) is 34.6 Å². The van der Waals surface area contributed by atoms with E-state index in [0.29, 0.717) is 5.02 Å². The molecule has 0 aromatic heterocycles. The molecule has 1 atom stereocenters. The first-order valence-corrected chi connectivity index (χ1v) is 6.76. The average Bonchev–Trinajstić information content (AvgIpc) is 2.45. The minimum Gasteiger partial charge on any atom is -0.457 e. The van der Waals surface area contributed by atoms with Gasteiger partial charge in [0, 0.05) is 24.5 Å². The van der Waals surface area contributed by atoms with Gasteiger partial charge in [-0.05, 0) is 23.3 Å². The fraction of sp³-hybridized carbons (Fsp3) is 0.250. The fourth-order valence-electron chi connectivity index (χ4n) is 2.42. The molecule has 0 bridgehead atoms. The second-order valence-corrected chi connectivity index (χ2v) is 5.29. The Morgan fingerprint density at radius 3 is 2.79 bits per heavy atom. The number of rotatable bonds is 2. The molecule has 2 aromatic carbocycles. The summed E-state index contributed by atoms with van der Waals surface area (Å²) < 4.78 is 5.88. The van der Waals surface area contributed by atoms with Gasteiger partial charge in [0.05, 0.1) is 5.02 Å². The molecule has 0 aliphatic carbocycles. The summed E-state index contributed by atoms with van der Waals surface area (Å²) in [5.41, 5.74) is 3.13. The summed E-state index contributed by atoms with van der Waals surface area (Å²) in [4.78, 5) is 0. The van der Waals surface area contributed by atoms with Crippen LogP contribution in [0.25, 0.3) is 0 Å². The van der Waals surface area contributed by atoms with Crippen molar-refractivity contribution < 1.29 is 9.84 Å². The second kappa shape index (κ2) is 4.87. The minimum atomic E-state index is 0.0370. The first kappa shape index (κ1) is 12.5. The smallest absolute Gasteiger partial charge is 0.132 e. The lowest BCUT2D eigenvalue weighted by molar-refractivity contribution is 0.273. The molecule has 3 rings (SSSR count). The van der Waals surface area contributed by atoms with Crippen LogP contribution in [0.5, 0.6) is 11.5 Å². The van der Waals surface area contributed by atoms with Crippen LogP contribution in [0.2, 0.25) is 5.02 Å². The SMILES string of the molecule is CC(CO)c1ccc2c(c1Cl)Cc1ccccc1O2. The standard InChI is InChI=1S/C16H15ClO2/c1-10(9-18)12-6-7-15-13(16(12)17)8-11-4-2-3-5-14(11)19-15/h2-7,10,18H,8-9H2,1H3. The number of hydrogen-bond donors (Lipinski definition) is 1. The summed E-state index contributed by atoms with van der Waals surface area (Å²) in [6.45, 7) is 2.06. The predicted octanol–water partition coefficient (Wildman–Crippen LogP) is 4.13. The molecule has 2 nitrogen and oxygen atoms in total. The van der Waals surface area contributed by atoms with Gasteiger partial charge in [-0.15, -0.1) is 0 Å². The molecule has 0 amide bonds. The van der Waals surface area contributed by atoms with Crippen molar-refractivity contribution in [2.45, 2.75) is 19.3 Å². The molecule has 0 fully saturated rings. The van der Waals surface area contributed by atoms with Gasteiger partial charge < -0.3 is 9.84 Å². The van der Waals surface area contributed by atoms with Crippen molar-refractivity contribution in [3.8, 4) is 11.5 Å². The first-order chi connectivity index (χ1) is 9.20. The van der Waals surface area contributed by atoms with Crippen LogP contribution in [-0.2, 0) is 6.42 Å². The van der Waals surface area contributed by atoms with E-state index >= 15 is 0 Å². The molecular formula is C16H15ClO2. The Morgan fingerprint density at radius 2 is 2.00 bits per heavy atom. The molecule has 1 unspecified atom stereocenters. The molecule has 0 radical (unpaired) electrons. The highest BCUT2D eigenvalue weighted by Gasteiger charge is 2.22. The number of benzene rings is 2. The number of para-hydroxylation sites is 1. The van der Waals surface area contributed by atoms with Gasteiger partial charge in [0.1, 0.15) is 11.5 Å². The Bertz CT molecular complexity index is 622. The number of halogens is 1. The van der Waals surface area contributed by atoms with Crippen LogP contribution in [0.3, 0.4) is 0 Å². The Balaban J connectivity index is 2.07. The number of hydrogen-bond acceptors (Lipinski definition) is 2. The van der Waals surface area contributed by atoms with Gasteiger partial charge >= 0.3 is 0 Å². The molecule has 1 N–H and O–H groups in total. The van der Waals surface area contributed by atoms with Crippen molar-refractivity contribution in [3.05, 3.63) is 58.1 Å². The summed E-state index contributed by atoms with van der Waals surface area (Å²) in [6.07, 6.45) is 0.774. The zero-order chi connectivity index (χ0) is 13.4. The zero-order valence-corrected chi connectivity index (χ0v) is 11.4. The molecule has 0 spiro atoms. The van der Waals surface area contributed by atoms with Gasteiger partial charge in [0.25, 0.3) is 0 Å². The quantitative estimate of drug-likeness (QED) is 0.761. The number of aliphatic hydroxyl groups excluding tert-OH is 1. The Hall–Kier alpha value is -1.51. The summed E-state index contributed by atoms with van der Waals surface area (Å²) in [7, 11) is 0. The molecule has 1 heterocycles. The van der Waals surface area contributed by atoms with E-state index in [-0.39, 0.29) is 12.5 Å². The van der Waals surface area contributed by atoms with Crippen LogP contribution >= 0.6 is 11.6 Å². The van der Waals surface area contributed by atoms with Gasteiger partial charge in [-0.1, -0.05) is 42.8 Å². The van der Waals surface area contributed by atoms with Gasteiger partial charge in [0.2, 0.25) is 0 Å². The third-order valence-electron chi connectivity index (χ3n) is 3.59. The number of ether oxygens (including phenoxy) is 1. The number of fused-ring (bicyclic) bond motifs is 2. The normalized spacial score (nSPS) is 14.3. The molecule has 0 saturated heterocycles. The fourth-order valence-corrected chi connectivity index (χ4v) is 2.83. The Labute approximate surface area is 117 Å². The van der Waals surface area contributed by atoms with Gasteiger partial charge in [-0.2, -0.15) is 0 Å². The second-order valence-electron chi connectivity index (χ2n) is 4.92. The first-order valence-electron chi connectivity index (χ1n) is 6.38. The molecule has 19 heavy (non-hydrogen) atoms. The highest BCUT2D eigenvalue weighted by molar-refractivity contribution is 6.32. The highest BCUT2D eigenvalue weighted by Crippen LogP contribution is 2.42.